The van der Waals surface area contributed by atoms with Crippen LogP contribution in [-0.2, 0) is 109 Å². The molecule has 2 amide bonds. The van der Waals surface area contributed by atoms with Crippen molar-refractivity contribution < 1.29 is 79.9 Å². The molecular formula is C101H102FN17O16S10. The topological polar surface area (TPSA) is 460 Å². The number of rotatable bonds is 43. The van der Waals surface area contributed by atoms with Gasteiger partial charge < -0.3 is 58.4 Å². The number of halogens is 1. The molecule has 754 valence electrons. The summed E-state index contributed by atoms with van der Waals surface area (Å²) in [5, 5.41) is 34.5. The highest BCUT2D eigenvalue weighted by Crippen LogP contribution is 2.34. The van der Waals surface area contributed by atoms with Crippen molar-refractivity contribution in [2.75, 3.05) is 43.5 Å². The summed E-state index contributed by atoms with van der Waals surface area (Å²) in [4.78, 5) is 168. The van der Waals surface area contributed by atoms with Crippen molar-refractivity contribution in [2.24, 2.45) is 0 Å². The van der Waals surface area contributed by atoms with Crippen LogP contribution in [-0.4, -0.2) is 179 Å². The standard InChI is InChI=1S/C17H21N3O2S.2C13H14N2O3S2.C12H10N2O3S.C12H12N2O2S.C12H12N2OS.C11H9FN2OS.C11H10N2OS/c1-3-20(4-2)17(22)19-14-9-7-13(8-10-14)16-18-15(12-23-16)6-5-11-21;1-20(17,18)15-11-6-4-10(5-7-11)13-14-12(9-19-13)3-2-8-16;1-14-17-18-20-12-6-4-10(5-7-12)13-15-11(9-19-13)3-2-8-16;15-5-1-2-9-7-18-11(14-9)8-3-4-10(12(16)17)13-6-8;1-16-11-5-4-9(7-13-11)12-14-10(8-17-12)3-2-6-15;1-9-4-5-10(7-13-9)12-14-11(8-16-12)3-2-6-15;12-10-4-3-8(6-13-10)11-14-9(7-16-11)2-1-5-15;14-6-2-4-10-8-15-11(13-10)9-3-1-5-12-7-9/h7-12H,3-6H2,1-2H3,(H,19,22);4-9,15H,2-3H2,1H3;4-9,14H,2-3H2,1H3;3-7H,1-2H2,(H,16,17);4-8H,2-3H2,1H3;4-8H,2-3H2,1H3;3-7H,1-2H2;1,3,5-8H,2,4H2. The van der Waals surface area contributed by atoms with E-state index in [2.05, 4.69) is 85.3 Å². The Morgan fingerprint density at radius 2 is 0.724 bits per heavy atom. The van der Waals surface area contributed by atoms with E-state index in [-0.39, 0.29) is 11.7 Å². The summed E-state index contributed by atoms with van der Waals surface area (Å²) in [5.74, 6) is -0.958. The van der Waals surface area contributed by atoms with Crippen LogP contribution in [0.2, 0.25) is 0 Å². The van der Waals surface area contributed by atoms with E-state index in [4.69, 9.17) is 14.2 Å². The second-order valence-electron chi connectivity index (χ2n) is 30.0. The first-order chi connectivity index (χ1) is 70.5. The quantitative estimate of drug-likeness (QED) is 0.00688. The molecule has 0 saturated heterocycles. The van der Waals surface area contributed by atoms with Gasteiger partial charge in [-0.15, -0.1) is 100 Å². The van der Waals surface area contributed by atoms with Crippen LogP contribution in [0, 0.1) is 12.9 Å². The number of anilines is 2. The number of nitrogens with one attached hydrogen (secondary N) is 3. The zero-order chi connectivity index (χ0) is 104. The first kappa shape index (κ1) is 115. The fourth-order valence-electron chi connectivity index (χ4n) is 12.0. The van der Waals surface area contributed by atoms with Gasteiger partial charge >= 0.3 is 12.0 Å². The fourth-order valence-corrected chi connectivity index (χ4v) is 19.8. The summed E-state index contributed by atoms with van der Waals surface area (Å²) in [6.45, 7) is 7.24. The van der Waals surface area contributed by atoms with Gasteiger partial charge in [0.25, 0.3) is 0 Å². The smallest absolute Gasteiger partial charge is 0.354 e. The Kier molecular flexibility index (Phi) is 50.8. The number of aromatic nitrogens is 13. The number of pyridine rings is 5. The molecule has 0 fully saturated rings. The molecule has 44 heteroatoms. The number of amides is 2. The number of aldehydes is 8. The van der Waals surface area contributed by atoms with Crippen LogP contribution >= 0.6 is 103 Å². The van der Waals surface area contributed by atoms with Crippen LogP contribution in [0.5, 0.6) is 5.88 Å². The third-order valence-electron chi connectivity index (χ3n) is 19.2. The zero-order valence-corrected chi connectivity index (χ0v) is 87.6. The molecule has 0 atom stereocenters. The molecule has 3 aromatic carbocycles. The van der Waals surface area contributed by atoms with Crippen LogP contribution in [0.1, 0.15) is 127 Å². The lowest BCUT2D eigenvalue weighted by molar-refractivity contribution is -0.237. The second-order valence-corrected chi connectivity index (χ2v) is 39.4. The Hall–Kier alpha value is -13.7. The number of methoxy groups -OCH3 is 1. The first-order valence-corrected chi connectivity index (χ1v) is 54.4. The monoisotopic (exact) mass is 2150 g/mol. The molecule has 0 unspecified atom stereocenters. The van der Waals surface area contributed by atoms with E-state index in [9.17, 15) is 60.8 Å². The number of aryl methyl sites for hydroxylation is 9. The number of benzene rings is 3. The highest BCUT2D eigenvalue weighted by Gasteiger charge is 2.17. The third-order valence-corrected chi connectivity index (χ3v) is 28.0. The summed E-state index contributed by atoms with van der Waals surface area (Å²) in [6.07, 6.45) is 27.8. The molecule has 0 spiro atoms. The number of hydrogen-bond donors (Lipinski definition) is 4. The Labute approximate surface area is 873 Å². The number of aromatic carboxylic acids is 1. The number of sulfonamides is 1. The highest BCUT2D eigenvalue weighted by atomic mass is 32.2. The molecule has 145 heavy (non-hydrogen) atoms. The lowest BCUT2D eigenvalue weighted by Crippen LogP contribution is -2.34. The Morgan fingerprint density at radius 1 is 0.407 bits per heavy atom. The van der Waals surface area contributed by atoms with Gasteiger partial charge in [-0.2, -0.15) is 9.87 Å². The first-order valence-electron chi connectivity index (χ1n) is 44.7. The average molecular weight is 2150 g/mol. The van der Waals surface area contributed by atoms with E-state index < -0.39 is 21.9 Å². The Balaban J connectivity index is 0.000000185. The van der Waals surface area contributed by atoms with E-state index in [1.165, 1.54) is 58.5 Å². The maximum absolute atomic E-state index is 12.6. The van der Waals surface area contributed by atoms with Crippen molar-refractivity contribution in [2.45, 2.75) is 128 Å². The number of ether oxygens (including phenoxy) is 1. The SMILES string of the molecule is CCN(CC)C(=O)Nc1ccc(-c2nc(CCC=O)cs2)cc1.CNOOSc1ccc(-c2nc(CCC=O)cs2)cc1.COc1ccc(-c2nc(CCC=O)cs2)cn1.CS(=O)(=O)Nc1ccc(-c2nc(CCC=O)cs2)cc1.Cc1ccc(-c2nc(CCC=O)cs2)cn1.O=CCCc1csc(-c2ccc(C(=O)O)nc2)n1.O=CCCc1csc(-c2ccc(F)nc2)n1.O=CCCc1csc(-c2cccnc2)n1. The molecule has 0 aliphatic heterocycles. The van der Waals surface area contributed by atoms with E-state index in [1.807, 2.05) is 167 Å². The maximum Gasteiger partial charge on any atom is 0.354 e. The van der Waals surface area contributed by atoms with Gasteiger partial charge in [-0.1, -0.05) is 12.1 Å². The molecule has 16 rings (SSSR count). The molecule has 16 aromatic rings. The predicted octanol–water partition coefficient (Wildman–Crippen LogP) is 21.0. The van der Waals surface area contributed by atoms with Gasteiger partial charge in [-0.25, -0.2) is 72.8 Å². The molecule has 0 bridgehead atoms. The summed E-state index contributed by atoms with van der Waals surface area (Å²) in [7, 11) is -0.0513. The minimum atomic E-state index is -3.26. The van der Waals surface area contributed by atoms with Crippen LogP contribution in [0.3, 0.4) is 0 Å². The maximum atomic E-state index is 12.6. The number of nitrogens with zero attached hydrogens (tertiary/aromatic N) is 14. The zero-order valence-electron chi connectivity index (χ0n) is 79.4. The fraction of sp³-hybridized carbons (Fsp3) is 0.238. The highest BCUT2D eigenvalue weighted by molar-refractivity contribution is 7.94. The lowest BCUT2D eigenvalue weighted by Gasteiger charge is -2.19. The van der Waals surface area contributed by atoms with Crippen LogP contribution in [0.15, 0.2) is 219 Å². The van der Waals surface area contributed by atoms with E-state index in [0.717, 1.165) is 228 Å². The molecular weight excluding hydrogens is 2050 g/mol. The number of thiazole rings is 8. The van der Waals surface area contributed by atoms with Crippen molar-refractivity contribution in [3.63, 3.8) is 0 Å². The molecule has 13 heterocycles. The van der Waals surface area contributed by atoms with Crippen molar-refractivity contribution in [1.29, 1.82) is 0 Å². The van der Waals surface area contributed by atoms with E-state index >= 15 is 0 Å². The Morgan fingerprint density at radius 3 is 1.01 bits per heavy atom. The van der Waals surface area contributed by atoms with Gasteiger partial charge in [0, 0.05) is 224 Å². The van der Waals surface area contributed by atoms with E-state index in [0.29, 0.717) is 115 Å². The number of carboxylic acid groups (broad SMARTS) is 1. The van der Waals surface area contributed by atoms with Gasteiger partial charge in [-0.3, -0.25) is 14.7 Å². The second kappa shape index (κ2) is 64.1. The molecule has 0 radical (unpaired) electrons. The van der Waals surface area contributed by atoms with Crippen LogP contribution in [0.4, 0.5) is 20.6 Å². The number of hydroxylamine groups is 1. The third kappa shape index (κ3) is 41.1. The number of urea groups is 1. The minimum Gasteiger partial charge on any atom is -0.481 e. The van der Waals surface area contributed by atoms with Crippen molar-refractivity contribution in [3.05, 3.63) is 277 Å². The number of carbonyl (C=O) groups is 10. The van der Waals surface area contributed by atoms with Gasteiger partial charge in [0.2, 0.25) is 21.9 Å². The van der Waals surface area contributed by atoms with E-state index in [1.54, 1.807) is 119 Å². The van der Waals surface area contributed by atoms with Gasteiger partial charge in [-0.05, 0) is 187 Å². The molecule has 0 saturated carbocycles. The van der Waals surface area contributed by atoms with Crippen molar-refractivity contribution in [1.82, 2.24) is 75.2 Å². The predicted molar refractivity (Wildman–Crippen MR) is 570 cm³/mol. The minimum absolute atomic E-state index is 0.0106. The van der Waals surface area contributed by atoms with Gasteiger partial charge in [0.05, 0.1) is 71.0 Å². The Bertz CT molecular complexity index is 6660. The normalized spacial score (nSPS) is 10.4. The summed E-state index contributed by atoms with van der Waals surface area (Å²) in [5.41, 5.74) is 19.8. The van der Waals surface area contributed by atoms with Gasteiger partial charge in [0.1, 0.15) is 96.0 Å². The van der Waals surface area contributed by atoms with Crippen molar-refractivity contribution in [3.8, 4) is 90.4 Å². The summed E-state index contributed by atoms with van der Waals surface area (Å²) < 4.78 is 47.1. The summed E-state index contributed by atoms with van der Waals surface area (Å²) >= 11 is 13.4. The van der Waals surface area contributed by atoms with Crippen LogP contribution < -0.4 is 20.3 Å². The number of carboxylic acids is 1. The van der Waals surface area contributed by atoms with Crippen molar-refractivity contribution >= 4 is 186 Å². The molecule has 13 aromatic heterocycles. The van der Waals surface area contributed by atoms with Crippen LogP contribution in [0.25, 0.3) is 84.6 Å². The molecule has 33 nitrogen and oxygen atoms in total. The molecule has 0 aliphatic rings. The average Bonchev–Trinajstić information content (AvgIpc) is 1.77. The molecule has 0 aliphatic carbocycles. The largest absolute Gasteiger partial charge is 0.481 e. The molecule has 4 N–H and O–H groups in total. The van der Waals surface area contributed by atoms with Gasteiger partial charge in [0.15, 0.2) is 0 Å². The number of carbonyl (C=O) groups excluding carboxylic acids is 9. The lowest BCUT2D eigenvalue weighted by atomic mass is 10.2. The summed E-state index contributed by atoms with van der Waals surface area (Å²) in [6, 6.07) is 40.1. The number of hydrogen-bond acceptors (Lipinski definition) is 38.